The Hall–Kier alpha value is -1.07. The molecule has 20 heavy (non-hydrogen) atoms. The van der Waals surface area contributed by atoms with Gasteiger partial charge in [0.25, 0.3) is 0 Å². The Balaban J connectivity index is 2.47. The molecular weight excluding hydrogens is 317 g/mol. The fourth-order valence-electron chi connectivity index (χ4n) is 2.00. The fourth-order valence-corrected chi connectivity index (χ4v) is 3.98. The third-order valence-electron chi connectivity index (χ3n) is 3.00. The summed E-state index contributed by atoms with van der Waals surface area (Å²) in [5, 5.41) is 0.285. The van der Waals surface area contributed by atoms with Crippen molar-refractivity contribution >= 4 is 33.0 Å². The number of hydrogen-bond acceptors (Lipinski definition) is 2. The van der Waals surface area contributed by atoms with Gasteiger partial charge in [0.1, 0.15) is 5.25 Å². The molecule has 0 radical (unpaired) electrons. The quantitative estimate of drug-likeness (QED) is 0.936. The molecule has 6 heteroatoms. The van der Waals surface area contributed by atoms with E-state index in [1.54, 1.807) is 36.4 Å². The third-order valence-corrected chi connectivity index (χ3v) is 5.67. The molecule has 0 fully saturated rings. The molecule has 0 amide bonds. The van der Waals surface area contributed by atoms with Gasteiger partial charge in [0.05, 0.1) is 11.4 Å². The van der Waals surface area contributed by atoms with E-state index in [1.807, 2.05) is 0 Å². The molecule has 1 atom stereocenters. The number of halogens is 2. The van der Waals surface area contributed by atoms with E-state index >= 15 is 0 Å². The van der Waals surface area contributed by atoms with E-state index in [2.05, 4.69) is 5.73 Å². The minimum atomic E-state index is -3.52. The van der Waals surface area contributed by atoms with E-state index < -0.39 is 15.1 Å². The zero-order valence-corrected chi connectivity index (χ0v) is 12.9. The van der Waals surface area contributed by atoms with Crippen LogP contribution in [0.15, 0.2) is 53.4 Å². The molecule has 0 unspecified atom stereocenters. The van der Waals surface area contributed by atoms with E-state index in [1.165, 1.54) is 12.1 Å². The second-order valence-corrected chi connectivity index (χ2v) is 7.33. The van der Waals surface area contributed by atoms with E-state index in [-0.39, 0.29) is 11.4 Å². The molecule has 2 aromatic carbocycles. The van der Waals surface area contributed by atoms with E-state index in [4.69, 9.17) is 23.2 Å². The molecule has 3 nitrogen and oxygen atoms in total. The molecule has 0 saturated carbocycles. The third kappa shape index (κ3) is 3.15. The highest BCUT2D eigenvalue weighted by molar-refractivity contribution is 7.91. The minimum absolute atomic E-state index is 0.227. The van der Waals surface area contributed by atoms with Crippen LogP contribution < -0.4 is 5.73 Å². The van der Waals surface area contributed by atoms with Crippen LogP contribution in [0.1, 0.15) is 10.8 Å². The van der Waals surface area contributed by atoms with E-state index in [0.29, 0.717) is 15.6 Å². The molecule has 2 rings (SSSR count). The lowest BCUT2D eigenvalue weighted by molar-refractivity contribution is -0.367. The van der Waals surface area contributed by atoms with Crippen LogP contribution in [0.2, 0.25) is 10.0 Å². The molecule has 0 saturated heterocycles. The summed E-state index contributed by atoms with van der Waals surface area (Å²) in [5.41, 5.74) is 4.39. The predicted molar refractivity (Wildman–Crippen MR) is 80.6 cm³/mol. The molecule has 0 aliphatic rings. The molecule has 0 bridgehead atoms. The van der Waals surface area contributed by atoms with Gasteiger partial charge in [0.15, 0.2) is 9.84 Å². The maximum Gasteiger partial charge on any atom is 0.190 e. The lowest BCUT2D eigenvalue weighted by atomic mass is 10.1. The van der Waals surface area contributed by atoms with Gasteiger partial charge >= 0.3 is 0 Å². The molecule has 0 aliphatic carbocycles. The van der Waals surface area contributed by atoms with Crippen molar-refractivity contribution in [2.75, 3.05) is 6.54 Å². The van der Waals surface area contributed by atoms with Crippen molar-refractivity contribution in [2.24, 2.45) is 0 Å². The Labute approximate surface area is 128 Å². The van der Waals surface area contributed by atoms with Crippen LogP contribution in [0.4, 0.5) is 0 Å². The van der Waals surface area contributed by atoms with Gasteiger partial charge in [-0.2, -0.15) is 0 Å². The molecule has 0 spiro atoms. The summed E-state index contributed by atoms with van der Waals surface area (Å²) in [6.07, 6.45) is 0. The summed E-state index contributed by atoms with van der Waals surface area (Å²) < 4.78 is 25.3. The summed E-state index contributed by atoms with van der Waals surface area (Å²) in [5.74, 6) is 0. The Morgan fingerprint density at radius 1 is 1.00 bits per heavy atom. The van der Waals surface area contributed by atoms with Crippen LogP contribution in [0.25, 0.3) is 0 Å². The smallest absolute Gasteiger partial charge is 0.190 e. The summed E-state index contributed by atoms with van der Waals surface area (Å²) >= 11 is 11.7. The van der Waals surface area contributed by atoms with Gasteiger partial charge < -0.3 is 5.73 Å². The molecule has 0 heterocycles. The lowest BCUT2D eigenvalue weighted by Gasteiger charge is -2.15. The van der Waals surface area contributed by atoms with Gasteiger partial charge in [-0.3, -0.25) is 0 Å². The molecule has 3 N–H and O–H groups in total. The van der Waals surface area contributed by atoms with Crippen LogP contribution in [-0.2, 0) is 9.84 Å². The first-order valence-corrected chi connectivity index (χ1v) is 8.29. The van der Waals surface area contributed by atoms with Crippen LogP contribution >= 0.6 is 23.2 Å². The highest BCUT2D eigenvalue weighted by Gasteiger charge is 2.29. The van der Waals surface area contributed by atoms with Gasteiger partial charge in [-0.25, -0.2) is 8.42 Å². The maximum atomic E-state index is 12.7. The van der Waals surface area contributed by atoms with Crippen molar-refractivity contribution in [3.8, 4) is 0 Å². The number of rotatable bonds is 4. The molecular formula is C14H14Cl2NO2S+. The Kier molecular flexibility index (Phi) is 4.70. The lowest BCUT2D eigenvalue weighted by Crippen LogP contribution is -2.54. The van der Waals surface area contributed by atoms with Crippen LogP contribution in [0.5, 0.6) is 0 Å². The zero-order valence-electron chi connectivity index (χ0n) is 10.6. The molecule has 0 aromatic heterocycles. The van der Waals surface area contributed by atoms with Crippen LogP contribution in [-0.4, -0.2) is 15.0 Å². The summed E-state index contributed by atoms with van der Waals surface area (Å²) in [6, 6.07) is 13.0. The van der Waals surface area contributed by atoms with Crippen LogP contribution in [0, 0.1) is 0 Å². The number of benzene rings is 2. The minimum Gasteiger partial charge on any atom is -0.356 e. The SMILES string of the molecule is [NH3+]C[C@H](c1cccc(Cl)c1)S(=O)(=O)c1ccc(Cl)cc1. The first-order valence-electron chi connectivity index (χ1n) is 5.99. The fraction of sp³-hybridized carbons (Fsp3) is 0.143. The summed E-state index contributed by atoms with van der Waals surface area (Å²) in [6.45, 7) is 0.227. The van der Waals surface area contributed by atoms with Gasteiger partial charge in [-0.15, -0.1) is 0 Å². The second-order valence-electron chi connectivity index (χ2n) is 4.33. The number of hydrogen-bond donors (Lipinski definition) is 1. The van der Waals surface area contributed by atoms with Crippen molar-refractivity contribution in [1.82, 2.24) is 0 Å². The number of quaternary nitrogens is 1. The first-order chi connectivity index (χ1) is 9.45. The summed E-state index contributed by atoms with van der Waals surface area (Å²) in [4.78, 5) is 0.232. The predicted octanol–water partition coefficient (Wildman–Crippen LogP) is 2.75. The average molecular weight is 331 g/mol. The van der Waals surface area contributed by atoms with Crippen molar-refractivity contribution < 1.29 is 14.2 Å². The Morgan fingerprint density at radius 3 is 2.20 bits per heavy atom. The monoisotopic (exact) mass is 330 g/mol. The summed E-state index contributed by atoms with van der Waals surface area (Å²) in [7, 11) is -3.52. The van der Waals surface area contributed by atoms with Crippen molar-refractivity contribution in [3.05, 3.63) is 64.1 Å². The highest BCUT2D eigenvalue weighted by atomic mass is 35.5. The van der Waals surface area contributed by atoms with E-state index in [0.717, 1.165) is 0 Å². The standard InChI is InChI=1S/C14H13Cl2NO2S/c15-11-4-6-13(7-5-11)20(18,19)14(9-17)10-2-1-3-12(16)8-10/h1-8,14H,9,17H2/p+1/t14-/m1/s1. The van der Waals surface area contributed by atoms with Gasteiger partial charge in [-0.05, 0) is 42.0 Å². The van der Waals surface area contributed by atoms with E-state index in [9.17, 15) is 8.42 Å². The second kappa shape index (κ2) is 6.14. The molecule has 2 aromatic rings. The zero-order chi connectivity index (χ0) is 14.8. The first kappa shape index (κ1) is 15.3. The molecule has 0 aliphatic heterocycles. The highest BCUT2D eigenvalue weighted by Crippen LogP contribution is 2.29. The topological polar surface area (TPSA) is 61.8 Å². The van der Waals surface area contributed by atoms with Crippen molar-refractivity contribution in [1.29, 1.82) is 0 Å². The van der Waals surface area contributed by atoms with Crippen LogP contribution in [0.3, 0.4) is 0 Å². The Morgan fingerprint density at radius 2 is 1.65 bits per heavy atom. The van der Waals surface area contributed by atoms with Crippen molar-refractivity contribution in [3.63, 3.8) is 0 Å². The van der Waals surface area contributed by atoms with Crippen molar-refractivity contribution in [2.45, 2.75) is 10.1 Å². The van der Waals surface area contributed by atoms with Gasteiger partial charge in [0.2, 0.25) is 0 Å². The average Bonchev–Trinajstić information content (AvgIpc) is 2.40. The number of sulfone groups is 1. The normalized spacial score (nSPS) is 13.2. The Bertz CT molecular complexity index is 699. The largest absolute Gasteiger partial charge is 0.356 e. The van der Waals surface area contributed by atoms with Gasteiger partial charge in [-0.1, -0.05) is 35.3 Å². The molecule has 106 valence electrons. The maximum absolute atomic E-state index is 12.7. The van der Waals surface area contributed by atoms with Gasteiger partial charge in [0, 0.05) is 10.0 Å².